The van der Waals surface area contributed by atoms with E-state index in [2.05, 4.69) is 12.2 Å². The van der Waals surface area contributed by atoms with Crippen LogP contribution >= 0.6 is 12.2 Å². The van der Waals surface area contributed by atoms with Gasteiger partial charge in [0.1, 0.15) is 10.8 Å². The van der Waals surface area contributed by atoms with Crippen molar-refractivity contribution in [1.29, 1.82) is 0 Å². The van der Waals surface area contributed by atoms with Gasteiger partial charge in [-0.3, -0.25) is 0 Å². The molecule has 0 bridgehead atoms. The molecule has 0 aliphatic carbocycles. The average molecular weight is 169 g/mol. The monoisotopic (exact) mass is 169 g/mol. The molecule has 0 saturated carbocycles. The summed E-state index contributed by atoms with van der Waals surface area (Å²) < 4.78 is 12.9. The van der Waals surface area contributed by atoms with Gasteiger partial charge in [0.05, 0.1) is 0 Å². The molecule has 0 fully saturated rings. The zero-order valence-electron chi connectivity index (χ0n) is 6.10. The van der Waals surface area contributed by atoms with Crippen LogP contribution in [0.2, 0.25) is 0 Å². The Labute approximate surface area is 70.0 Å². The molecule has 1 aromatic rings. The van der Waals surface area contributed by atoms with Gasteiger partial charge < -0.3 is 5.73 Å². The Morgan fingerprint density at radius 3 is 2.64 bits per heavy atom. The molecule has 0 atom stereocenters. The van der Waals surface area contributed by atoms with Crippen LogP contribution in [0.5, 0.6) is 0 Å². The van der Waals surface area contributed by atoms with E-state index in [0.29, 0.717) is 5.56 Å². The van der Waals surface area contributed by atoms with Gasteiger partial charge in [-0.15, -0.1) is 0 Å². The molecule has 1 rings (SSSR count). The topological polar surface area (TPSA) is 26.0 Å². The zero-order chi connectivity index (χ0) is 8.43. The standard InChI is InChI=1S/C8H8FNS/c1-5-2-3-6(8(10)11)7(9)4-5/h2-4H,1H3,(H2,10,11). The molecule has 0 amide bonds. The highest BCUT2D eigenvalue weighted by molar-refractivity contribution is 7.80. The number of aryl methyl sites for hydroxylation is 1. The normalized spacial score (nSPS) is 9.64. The zero-order valence-corrected chi connectivity index (χ0v) is 6.91. The fraction of sp³-hybridized carbons (Fsp3) is 0.125. The van der Waals surface area contributed by atoms with Gasteiger partial charge in [0.2, 0.25) is 0 Å². The molecule has 0 saturated heterocycles. The maximum absolute atomic E-state index is 12.9. The van der Waals surface area contributed by atoms with E-state index >= 15 is 0 Å². The lowest BCUT2D eigenvalue weighted by molar-refractivity contribution is 0.624. The summed E-state index contributed by atoms with van der Waals surface area (Å²) in [6.45, 7) is 1.81. The highest BCUT2D eigenvalue weighted by atomic mass is 32.1. The first-order valence-corrected chi connectivity index (χ1v) is 3.58. The third-order valence-corrected chi connectivity index (χ3v) is 1.61. The third-order valence-electron chi connectivity index (χ3n) is 1.39. The van der Waals surface area contributed by atoms with Gasteiger partial charge in [-0.25, -0.2) is 4.39 Å². The molecule has 2 N–H and O–H groups in total. The lowest BCUT2D eigenvalue weighted by Crippen LogP contribution is -2.11. The quantitative estimate of drug-likeness (QED) is 0.648. The fourth-order valence-electron chi connectivity index (χ4n) is 0.820. The van der Waals surface area contributed by atoms with E-state index in [-0.39, 0.29) is 10.8 Å². The summed E-state index contributed by atoms with van der Waals surface area (Å²) in [5.74, 6) is -0.350. The van der Waals surface area contributed by atoms with Crippen molar-refractivity contribution in [2.24, 2.45) is 5.73 Å². The van der Waals surface area contributed by atoms with E-state index < -0.39 is 0 Å². The summed E-state index contributed by atoms with van der Waals surface area (Å²) in [6.07, 6.45) is 0. The minimum Gasteiger partial charge on any atom is -0.389 e. The highest BCUT2D eigenvalue weighted by Gasteiger charge is 2.02. The second-order valence-electron chi connectivity index (χ2n) is 2.35. The number of thiocarbonyl (C=S) groups is 1. The molecule has 0 aromatic heterocycles. The highest BCUT2D eigenvalue weighted by Crippen LogP contribution is 2.08. The molecule has 0 unspecified atom stereocenters. The average Bonchev–Trinajstić information content (AvgIpc) is 1.85. The summed E-state index contributed by atoms with van der Waals surface area (Å²) in [6, 6.07) is 4.78. The van der Waals surface area contributed by atoms with Gasteiger partial charge >= 0.3 is 0 Å². The SMILES string of the molecule is Cc1ccc(C(N)=S)c(F)c1. The predicted octanol–water partition coefficient (Wildman–Crippen LogP) is 1.77. The van der Waals surface area contributed by atoms with Gasteiger partial charge in [-0.1, -0.05) is 18.3 Å². The molecule has 1 aromatic carbocycles. The van der Waals surface area contributed by atoms with Crippen LogP contribution in [0, 0.1) is 12.7 Å². The van der Waals surface area contributed by atoms with Crippen LogP contribution in [0.4, 0.5) is 4.39 Å². The van der Waals surface area contributed by atoms with Crippen LogP contribution in [-0.2, 0) is 0 Å². The smallest absolute Gasteiger partial charge is 0.133 e. The first kappa shape index (κ1) is 8.14. The number of rotatable bonds is 1. The molecule has 58 valence electrons. The third kappa shape index (κ3) is 1.74. The number of halogens is 1. The van der Waals surface area contributed by atoms with E-state index in [1.165, 1.54) is 6.07 Å². The second kappa shape index (κ2) is 2.96. The molecular formula is C8H8FNS. The Morgan fingerprint density at radius 1 is 1.55 bits per heavy atom. The first-order chi connectivity index (χ1) is 5.11. The number of nitrogens with two attached hydrogens (primary N) is 1. The van der Waals surface area contributed by atoms with Gasteiger partial charge in [0.25, 0.3) is 0 Å². The van der Waals surface area contributed by atoms with Crippen LogP contribution < -0.4 is 5.73 Å². The van der Waals surface area contributed by atoms with E-state index in [1.807, 2.05) is 6.92 Å². The van der Waals surface area contributed by atoms with Crippen molar-refractivity contribution in [2.75, 3.05) is 0 Å². The van der Waals surface area contributed by atoms with Gasteiger partial charge in [0, 0.05) is 5.56 Å². The Bertz CT molecular complexity index is 296. The summed E-state index contributed by atoms with van der Waals surface area (Å²) in [5, 5.41) is 0. The minimum atomic E-state index is -0.350. The summed E-state index contributed by atoms with van der Waals surface area (Å²) in [4.78, 5) is 0.0995. The molecule has 1 nitrogen and oxygen atoms in total. The van der Waals surface area contributed by atoms with E-state index in [0.717, 1.165) is 5.56 Å². The van der Waals surface area contributed by atoms with Crippen molar-refractivity contribution in [3.63, 3.8) is 0 Å². The summed E-state index contributed by atoms with van der Waals surface area (Å²) in [7, 11) is 0. The van der Waals surface area contributed by atoms with E-state index in [1.54, 1.807) is 12.1 Å². The molecule has 0 spiro atoms. The Kier molecular flexibility index (Phi) is 2.19. The summed E-state index contributed by atoms with van der Waals surface area (Å²) in [5.41, 5.74) is 6.43. The number of hydrogen-bond acceptors (Lipinski definition) is 1. The van der Waals surface area contributed by atoms with Crippen LogP contribution in [-0.4, -0.2) is 4.99 Å². The van der Waals surface area contributed by atoms with Crippen molar-refractivity contribution in [1.82, 2.24) is 0 Å². The molecule has 0 radical (unpaired) electrons. The maximum atomic E-state index is 12.9. The van der Waals surface area contributed by atoms with E-state index in [9.17, 15) is 4.39 Å². The van der Waals surface area contributed by atoms with Crippen molar-refractivity contribution in [3.05, 3.63) is 35.1 Å². The van der Waals surface area contributed by atoms with E-state index in [4.69, 9.17) is 5.73 Å². The van der Waals surface area contributed by atoms with Crippen molar-refractivity contribution >= 4 is 17.2 Å². The first-order valence-electron chi connectivity index (χ1n) is 3.17. The number of hydrogen-bond donors (Lipinski definition) is 1. The Balaban J connectivity index is 3.20. The van der Waals surface area contributed by atoms with Crippen LogP contribution in [0.15, 0.2) is 18.2 Å². The lowest BCUT2D eigenvalue weighted by Gasteiger charge is -2.00. The molecule has 0 aliphatic rings. The molecule has 0 heterocycles. The largest absolute Gasteiger partial charge is 0.389 e. The second-order valence-corrected chi connectivity index (χ2v) is 2.79. The summed E-state index contributed by atoms with van der Waals surface area (Å²) >= 11 is 4.63. The molecule has 11 heavy (non-hydrogen) atoms. The van der Waals surface area contributed by atoms with Crippen LogP contribution in [0.25, 0.3) is 0 Å². The maximum Gasteiger partial charge on any atom is 0.133 e. The van der Waals surface area contributed by atoms with Crippen molar-refractivity contribution < 1.29 is 4.39 Å². The molecule has 3 heteroatoms. The lowest BCUT2D eigenvalue weighted by atomic mass is 10.1. The Morgan fingerprint density at radius 2 is 2.18 bits per heavy atom. The number of benzene rings is 1. The van der Waals surface area contributed by atoms with Crippen molar-refractivity contribution in [3.8, 4) is 0 Å². The van der Waals surface area contributed by atoms with Crippen LogP contribution in [0.1, 0.15) is 11.1 Å². The molecular weight excluding hydrogens is 161 g/mol. The Hall–Kier alpha value is -0.960. The van der Waals surface area contributed by atoms with Crippen LogP contribution in [0.3, 0.4) is 0 Å². The van der Waals surface area contributed by atoms with Crippen molar-refractivity contribution in [2.45, 2.75) is 6.92 Å². The van der Waals surface area contributed by atoms with Gasteiger partial charge in [-0.2, -0.15) is 0 Å². The predicted molar refractivity (Wildman–Crippen MR) is 47.0 cm³/mol. The van der Waals surface area contributed by atoms with Gasteiger partial charge in [0.15, 0.2) is 0 Å². The van der Waals surface area contributed by atoms with Gasteiger partial charge in [-0.05, 0) is 24.6 Å². The molecule has 0 aliphatic heterocycles. The fourth-order valence-corrected chi connectivity index (χ4v) is 0.986. The minimum absolute atomic E-state index is 0.0995.